The number of azo groups is 1. The van der Waals surface area contributed by atoms with Crippen molar-refractivity contribution in [2.75, 3.05) is 5.73 Å². The molecule has 0 bridgehead atoms. The summed E-state index contributed by atoms with van der Waals surface area (Å²) in [5.41, 5.74) is 10.6. The third kappa shape index (κ3) is 4.32. The van der Waals surface area contributed by atoms with Gasteiger partial charge in [0.2, 0.25) is 0 Å². The van der Waals surface area contributed by atoms with Gasteiger partial charge in [-0.2, -0.15) is 18.6 Å². The van der Waals surface area contributed by atoms with Gasteiger partial charge in [-0.15, -0.1) is 16.5 Å². The SMILES string of the molecule is Cc1ccc2nc(-c3ccc(N=Nc4c(C)nn(-c5ccccc5)c4N)cc3)sc2c1S(=O)(=O)O. The van der Waals surface area contributed by atoms with Crippen LogP contribution in [0.5, 0.6) is 0 Å². The van der Waals surface area contributed by atoms with Gasteiger partial charge in [0.25, 0.3) is 10.1 Å². The number of nitrogens with zero attached hydrogens (tertiary/aromatic N) is 5. The number of nitrogen functional groups attached to an aromatic ring is 1. The highest BCUT2D eigenvalue weighted by molar-refractivity contribution is 7.86. The van der Waals surface area contributed by atoms with E-state index in [-0.39, 0.29) is 4.90 Å². The van der Waals surface area contributed by atoms with Gasteiger partial charge in [0.05, 0.1) is 27.3 Å². The van der Waals surface area contributed by atoms with Crippen LogP contribution in [0.15, 0.2) is 81.9 Å². The van der Waals surface area contributed by atoms with Crippen LogP contribution < -0.4 is 5.73 Å². The van der Waals surface area contributed by atoms with Crippen molar-refractivity contribution in [3.05, 3.63) is 78.0 Å². The highest BCUT2D eigenvalue weighted by Gasteiger charge is 2.21. The van der Waals surface area contributed by atoms with Gasteiger partial charge in [0.1, 0.15) is 9.90 Å². The molecule has 0 unspecified atom stereocenters. The summed E-state index contributed by atoms with van der Waals surface area (Å²) in [7, 11) is -4.37. The molecular weight excluding hydrogens is 484 g/mol. The number of thiazole rings is 1. The van der Waals surface area contributed by atoms with E-state index < -0.39 is 10.1 Å². The van der Waals surface area contributed by atoms with Crippen LogP contribution in [0, 0.1) is 13.8 Å². The van der Waals surface area contributed by atoms with Gasteiger partial charge in [-0.1, -0.05) is 24.3 Å². The quantitative estimate of drug-likeness (QED) is 0.222. The minimum atomic E-state index is -4.37. The molecule has 0 aliphatic heterocycles. The average Bonchev–Trinajstić information content (AvgIpc) is 3.38. The first-order valence-corrected chi connectivity index (χ1v) is 12.8. The standard InChI is InChI=1S/C24H20N6O3S2/c1-14-8-13-19-21(22(14)35(31,32)33)34-24(26-19)16-9-11-17(12-10-16)27-28-20-15(2)29-30(23(20)25)18-6-4-3-5-7-18/h3-13H,25H2,1-2H3,(H,31,32,33). The Kier molecular flexibility index (Phi) is 5.67. The molecule has 0 atom stereocenters. The van der Waals surface area contributed by atoms with Crippen molar-refractivity contribution < 1.29 is 13.0 Å². The van der Waals surface area contributed by atoms with E-state index in [2.05, 4.69) is 20.3 Å². The fourth-order valence-corrected chi connectivity index (χ4v) is 6.03. The van der Waals surface area contributed by atoms with Crippen molar-refractivity contribution >= 4 is 48.9 Å². The lowest BCUT2D eigenvalue weighted by atomic mass is 10.2. The monoisotopic (exact) mass is 504 g/mol. The van der Waals surface area contributed by atoms with E-state index in [9.17, 15) is 13.0 Å². The van der Waals surface area contributed by atoms with Gasteiger partial charge >= 0.3 is 0 Å². The number of fused-ring (bicyclic) bond motifs is 1. The van der Waals surface area contributed by atoms with E-state index >= 15 is 0 Å². The second-order valence-electron chi connectivity index (χ2n) is 7.87. The summed E-state index contributed by atoms with van der Waals surface area (Å²) in [6.45, 7) is 3.46. The first-order chi connectivity index (χ1) is 16.7. The zero-order valence-corrected chi connectivity index (χ0v) is 20.4. The minimum absolute atomic E-state index is 0.104. The number of aryl methyl sites for hydroxylation is 2. The molecule has 0 aliphatic rings. The summed E-state index contributed by atoms with van der Waals surface area (Å²) in [6, 6.07) is 20.1. The van der Waals surface area contributed by atoms with Crippen LogP contribution in [0.1, 0.15) is 11.3 Å². The molecule has 11 heteroatoms. The molecule has 0 amide bonds. The van der Waals surface area contributed by atoms with Gasteiger partial charge in [-0.25, -0.2) is 9.67 Å². The van der Waals surface area contributed by atoms with E-state index in [0.717, 1.165) is 11.3 Å². The minimum Gasteiger partial charge on any atom is -0.382 e. The number of hydrogen-bond acceptors (Lipinski definition) is 8. The Hall–Kier alpha value is -3.93. The molecule has 0 aliphatic carbocycles. The molecule has 3 aromatic carbocycles. The zero-order valence-electron chi connectivity index (χ0n) is 18.7. The second kappa shape index (κ2) is 8.69. The van der Waals surface area contributed by atoms with E-state index in [4.69, 9.17) is 5.73 Å². The summed E-state index contributed by atoms with van der Waals surface area (Å²) in [5.74, 6) is 0.397. The number of aromatic nitrogens is 3. The van der Waals surface area contributed by atoms with Crippen LogP contribution in [-0.4, -0.2) is 27.7 Å². The Morgan fingerprint density at radius 1 is 0.971 bits per heavy atom. The lowest BCUT2D eigenvalue weighted by molar-refractivity contribution is 0.483. The average molecular weight is 505 g/mol. The first-order valence-electron chi connectivity index (χ1n) is 10.5. The van der Waals surface area contributed by atoms with Gasteiger partial charge in [0, 0.05) is 5.56 Å². The fourth-order valence-electron chi connectivity index (χ4n) is 3.72. The maximum absolute atomic E-state index is 11.9. The number of rotatable bonds is 5. The van der Waals surface area contributed by atoms with E-state index in [1.54, 1.807) is 35.9 Å². The summed E-state index contributed by atoms with van der Waals surface area (Å²) in [4.78, 5) is 4.43. The maximum Gasteiger partial charge on any atom is 0.296 e. The molecule has 5 rings (SSSR count). The van der Waals surface area contributed by atoms with Crippen LogP contribution in [0.4, 0.5) is 17.2 Å². The van der Waals surface area contributed by atoms with Crippen molar-refractivity contribution in [3.8, 4) is 16.3 Å². The molecule has 2 aromatic heterocycles. The van der Waals surface area contributed by atoms with Crippen molar-refractivity contribution in [1.29, 1.82) is 0 Å². The number of para-hydroxylation sites is 1. The largest absolute Gasteiger partial charge is 0.382 e. The molecular formula is C24H20N6O3S2. The molecule has 0 fully saturated rings. The van der Waals surface area contributed by atoms with Gasteiger partial charge < -0.3 is 5.73 Å². The van der Waals surface area contributed by atoms with Crippen molar-refractivity contribution in [3.63, 3.8) is 0 Å². The molecule has 0 saturated heterocycles. The Morgan fingerprint density at radius 2 is 1.69 bits per heavy atom. The molecule has 2 heterocycles. The van der Waals surface area contributed by atoms with Crippen LogP contribution in [0.2, 0.25) is 0 Å². The lowest BCUT2D eigenvalue weighted by Crippen LogP contribution is -2.01. The molecule has 0 saturated carbocycles. The first kappa shape index (κ1) is 22.8. The van der Waals surface area contributed by atoms with E-state index in [1.807, 2.05) is 49.4 Å². The highest BCUT2D eigenvalue weighted by atomic mass is 32.2. The van der Waals surface area contributed by atoms with Gasteiger partial charge in [-0.3, -0.25) is 4.55 Å². The molecule has 35 heavy (non-hydrogen) atoms. The number of benzene rings is 3. The molecule has 0 spiro atoms. The smallest absolute Gasteiger partial charge is 0.296 e. The maximum atomic E-state index is 11.9. The Morgan fingerprint density at radius 3 is 2.37 bits per heavy atom. The fraction of sp³-hybridized carbons (Fsp3) is 0.0833. The lowest BCUT2D eigenvalue weighted by Gasteiger charge is -2.02. The summed E-state index contributed by atoms with van der Waals surface area (Å²) in [6.07, 6.45) is 0. The molecule has 176 valence electrons. The predicted octanol–water partition coefficient (Wildman–Crippen LogP) is 6.01. The van der Waals surface area contributed by atoms with Crippen molar-refractivity contribution in [2.24, 2.45) is 10.2 Å². The van der Waals surface area contributed by atoms with Crippen LogP contribution in [0.3, 0.4) is 0 Å². The summed E-state index contributed by atoms with van der Waals surface area (Å²) in [5, 5.41) is 13.7. The van der Waals surface area contributed by atoms with Crippen molar-refractivity contribution in [1.82, 2.24) is 14.8 Å². The Bertz CT molecular complexity index is 1690. The normalized spacial score (nSPS) is 12.1. The number of hydrogen-bond donors (Lipinski definition) is 2. The van der Waals surface area contributed by atoms with Crippen molar-refractivity contribution in [2.45, 2.75) is 18.7 Å². The summed E-state index contributed by atoms with van der Waals surface area (Å²) < 4.78 is 35.5. The topological polar surface area (TPSA) is 136 Å². The van der Waals surface area contributed by atoms with Crippen LogP contribution >= 0.6 is 11.3 Å². The highest BCUT2D eigenvalue weighted by Crippen LogP contribution is 2.36. The molecule has 0 radical (unpaired) electrons. The summed E-state index contributed by atoms with van der Waals surface area (Å²) >= 11 is 1.21. The van der Waals surface area contributed by atoms with E-state index in [0.29, 0.717) is 43.7 Å². The Balaban J connectivity index is 1.44. The third-order valence-electron chi connectivity index (χ3n) is 5.41. The third-order valence-corrected chi connectivity index (χ3v) is 7.72. The zero-order chi connectivity index (χ0) is 24.7. The molecule has 5 aromatic rings. The number of anilines is 1. The molecule has 3 N–H and O–H groups in total. The van der Waals surface area contributed by atoms with E-state index in [1.165, 1.54) is 11.3 Å². The predicted molar refractivity (Wildman–Crippen MR) is 136 cm³/mol. The Labute approximate surface area is 205 Å². The van der Waals surface area contributed by atoms with Gasteiger partial charge in [-0.05, 0) is 61.9 Å². The second-order valence-corrected chi connectivity index (χ2v) is 10.2. The van der Waals surface area contributed by atoms with Crippen LogP contribution in [0.25, 0.3) is 26.5 Å². The van der Waals surface area contributed by atoms with Gasteiger partial charge in [0.15, 0.2) is 11.5 Å². The number of nitrogens with two attached hydrogens (primary N) is 1. The molecule has 9 nitrogen and oxygen atoms in total. The van der Waals surface area contributed by atoms with Crippen LogP contribution in [-0.2, 0) is 10.1 Å².